The van der Waals surface area contributed by atoms with E-state index in [1.807, 2.05) is 0 Å². The minimum Gasteiger partial charge on any atom is -0.353 e. The zero-order chi connectivity index (χ0) is 13.9. The van der Waals surface area contributed by atoms with Gasteiger partial charge in [0.2, 0.25) is 5.91 Å². The number of rotatable bonds is 3. The Bertz CT molecular complexity index is 480. The number of benzene rings is 1. The maximum absolute atomic E-state index is 12.4. The van der Waals surface area contributed by atoms with Gasteiger partial charge in [-0.3, -0.25) is 4.79 Å². The van der Waals surface area contributed by atoms with Gasteiger partial charge < -0.3 is 10.6 Å². The number of fused-ring (bicyclic) bond motifs is 1. The molecule has 3 heteroatoms. The molecule has 1 aromatic carbocycles. The van der Waals surface area contributed by atoms with E-state index in [0.29, 0.717) is 5.92 Å². The third-order valence-electron chi connectivity index (χ3n) is 4.89. The summed E-state index contributed by atoms with van der Waals surface area (Å²) in [7, 11) is 0. The Hall–Kier alpha value is -1.35. The van der Waals surface area contributed by atoms with E-state index in [1.54, 1.807) is 0 Å². The second-order valence-electron chi connectivity index (χ2n) is 6.26. The first-order chi connectivity index (χ1) is 9.74. The number of hydrogen-bond acceptors (Lipinski definition) is 2. The molecule has 20 heavy (non-hydrogen) atoms. The van der Waals surface area contributed by atoms with Crippen molar-refractivity contribution >= 4 is 5.91 Å². The van der Waals surface area contributed by atoms with Gasteiger partial charge in [0.1, 0.15) is 0 Å². The van der Waals surface area contributed by atoms with Crippen LogP contribution in [0.2, 0.25) is 0 Å². The Labute approximate surface area is 121 Å². The van der Waals surface area contributed by atoms with Crippen molar-refractivity contribution in [1.82, 2.24) is 10.6 Å². The highest BCUT2D eigenvalue weighted by molar-refractivity contribution is 5.79. The quantitative estimate of drug-likeness (QED) is 0.882. The van der Waals surface area contributed by atoms with Gasteiger partial charge in [0, 0.05) is 12.0 Å². The van der Waals surface area contributed by atoms with Gasteiger partial charge in [-0.05, 0) is 62.7 Å². The zero-order valence-corrected chi connectivity index (χ0v) is 12.2. The van der Waals surface area contributed by atoms with Crippen molar-refractivity contribution in [3.05, 3.63) is 35.4 Å². The summed E-state index contributed by atoms with van der Waals surface area (Å²) in [6.07, 6.45) is 4.10. The maximum Gasteiger partial charge on any atom is 0.223 e. The maximum atomic E-state index is 12.4. The van der Waals surface area contributed by atoms with Crippen LogP contribution in [0, 0.1) is 11.8 Å². The molecule has 0 aromatic heterocycles. The molecule has 1 saturated heterocycles. The van der Waals surface area contributed by atoms with Gasteiger partial charge in [-0.25, -0.2) is 0 Å². The molecule has 2 aliphatic rings. The smallest absolute Gasteiger partial charge is 0.223 e. The number of carbonyl (C=O) groups is 1. The lowest BCUT2D eigenvalue weighted by Crippen LogP contribution is -2.43. The van der Waals surface area contributed by atoms with Crippen molar-refractivity contribution in [2.75, 3.05) is 13.1 Å². The van der Waals surface area contributed by atoms with E-state index < -0.39 is 0 Å². The SMILES string of the molecule is CC(NC(=O)C1CCc2ccccc2C1)C1CCNC1. The van der Waals surface area contributed by atoms with Crippen LogP contribution in [-0.2, 0) is 17.6 Å². The average molecular weight is 272 g/mol. The Morgan fingerprint density at radius 1 is 1.30 bits per heavy atom. The van der Waals surface area contributed by atoms with Crippen LogP contribution in [0.5, 0.6) is 0 Å². The first-order valence-corrected chi connectivity index (χ1v) is 7.82. The minimum atomic E-state index is 0.154. The fourth-order valence-corrected chi connectivity index (χ4v) is 3.49. The van der Waals surface area contributed by atoms with Crippen molar-refractivity contribution in [3.63, 3.8) is 0 Å². The van der Waals surface area contributed by atoms with Crippen LogP contribution in [0.1, 0.15) is 30.9 Å². The summed E-state index contributed by atoms with van der Waals surface area (Å²) in [6, 6.07) is 8.81. The largest absolute Gasteiger partial charge is 0.353 e. The number of nitrogens with one attached hydrogen (secondary N) is 2. The first kappa shape index (κ1) is 13.6. The molecule has 2 N–H and O–H groups in total. The van der Waals surface area contributed by atoms with E-state index in [9.17, 15) is 4.79 Å². The van der Waals surface area contributed by atoms with Gasteiger partial charge in [0.15, 0.2) is 0 Å². The van der Waals surface area contributed by atoms with Gasteiger partial charge in [-0.15, -0.1) is 0 Å². The van der Waals surface area contributed by atoms with E-state index in [2.05, 4.69) is 41.8 Å². The van der Waals surface area contributed by atoms with Crippen LogP contribution in [0.4, 0.5) is 0 Å². The summed E-state index contributed by atoms with van der Waals surface area (Å²) in [6.45, 7) is 4.27. The normalized spacial score (nSPS) is 26.9. The lowest BCUT2D eigenvalue weighted by atomic mass is 9.83. The molecule has 1 aromatic rings. The number of carbonyl (C=O) groups excluding carboxylic acids is 1. The second-order valence-corrected chi connectivity index (χ2v) is 6.26. The van der Waals surface area contributed by atoms with Gasteiger partial charge >= 0.3 is 0 Å². The third kappa shape index (κ3) is 2.88. The van der Waals surface area contributed by atoms with Crippen LogP contribution in [0.25, 0.3) is 0 Å². The standard InChI is InChI=1S/C17H24N2O/c1-12(16-8-9-18-11-16)19-17(20)15-7-6-13-4-2-3-5-14(13)10-15/h2-5,12,15-16,18H,6-11H2,1H3,(H,19,20). The van der Waals surface area contributed by atoms with Crippen LogP contribution >= 0.6 is 0 Å². The molecular weight excluding hydrogens is 248 g/mol. The molecule has 1 aliphatic heterocycles. The molecule has 0 spiro atoms. The lowest BCUT2D eigenvalue weighted by molar-refractivity contribution is -0.126. The van der Waals surface area contributed by atoms with Gasteiger partial charge in [-0.2, -0.15) is 0 Å². The van der Waals surface area contributed by atoms with E-state index in [0.717, 1.165) is 32.4 Å². The Kier molecular flexibility index (Phi) is 4.06. The van der Waals surface area contributed by atoms with Crippen molar-refractivity contribution in [1.29, 1.82) is 0 Å². The summed E-state index contributed by atoms with van der Waals surface area (Å²) in [5.74, 6) is 0.996. The molecule has 108 valence electrons. The summed E-state index contributed by atoms with van der Waals surface area (Å²) in [5, 5.41) is 6.61. The second kappa shape index (κ2) is 5.96. The van der Waals surface area contributed by atoms with E-state index in [1.165, 1.54) is 17.5 Å². The van der Waals surface area contributed by atoms with E-state index in [4.69, 9.17) is 0 Å². The Morgan fingerprint density at radius 3 is 2.85 bits per heavy atom. The van der Waals surface area contributed by atoms with Crippen LogP contribution < -0.4 is 10.6 Å². The molecule has 0 radical (unpaired) electrons. The highest BCUT2D eigenvalue weighted by atomic mass is 16.1. The van der Waals surface area contributed by atoms with Gasteiger partial charge in [-0.1, -0.05) is 24.3 Å². The summed E-state index contributed by atoms with van der Waals surface area (Å²) in [4.78, 5) is 12.4. The number of aryl methyl sites for hydroxylation is 1. The first-order valence-electron chi connectivity index (χ1n) is 7.82. The summed E-state index contributed by atoms with van der Waals surface area (Å²) >= 11 is 0. The van der Waals surface area contributed by atoms with Crippen molar-refractivity contribution in [3.8, 4) is 0 Å². The zero-order valence-electron chi connectivity index (χ0n) is 12.2. The molecule has 1 heterocycles. The summed E-state index contributed by atoms with van der Waals surface area (Å²) < 4.78 is 0. The molecular formula is C17H24N2O. The fraction of sp³-hybridized carbons (Fsp3) is 0.588. The van der Waals surface area contributed by atoms with E-state index >= 15 is 0 Å². The fourth-order valence-electron chi connectivity index (χ4n) is 3.49. The Morgan fingerprint density at radius 2 is 2.10 bits per heavy atom. The number of hydrogen-bond donors (Lipinski definition) is 2. The monoisotopic (exact) mass is 272 g/mol. The van der Waals surface area contributed by atoms with Crippen LogP contribution in [0.3, 0.4) is 0 Å². The summed E-state index contributed by atoms with van der Waals surface area (Å²) in [5.41, 5.74) is 2.78. The van der Waals surface area contributed by atoms with Crippen molar-refractivity contribution in [2.24, 2.45) is 11.8 Å². The molecule has 3 unspecified atom stereocenters. The van der Waals surface area contributed by atoms with Crippen LogP contribution in [0.15, 0.2) is 24.3 Å². The molecule has 3 nitrogen and oxygen atoms in total. The predicted octanol–water partition coefficient (Wildman–Crippen LogP) is 1.91. The lowest BCUT2D eigenvalue weighted by Gasteiger charge is -2.27. The van der Waals surface area contributed by atoms with E-state index in [-0.39, 0.29) is 17.9 Å². The predicted molar refractivity (Wildman–Crippen MR) is 80.5 cm³/mol. The van der Waals surface area contributed by atoms with Crippen molar-refractivity contribution in [2.45, 2.75) is 38.6 Å². The molecule has 3 rings (SSSR count). The van der Waals surface area contributed by atoms with Crippen molar-refractivity contribution < 1.29 is 4.79 Å². The average Bonchev–Trinajstić information content (AvgIpc) is 3.01. The molecule has 0 saturated carbocycles. The minimum absolute atomic E-state index is 0.154. The molecule has 0 bridgehead atoms. The highest BCUT2D eigenvalue weighted by Gasteiger charge is 2.28. The highest BCUT2D eigenvalue weighted by Crippen LogP contribution is 2.26. The molecule has 1 fully saturated rings. The topological polar surface area (TPSA) is 41.1 Å². The van der Waals surface area contributed by atoms with Gasteiger partial charge in [0.05, 0.1) is 0 Å². The third-order valence-corrected chi connectivity index (χ3v) is 4.89. The number of amides is 1. The molecule has 1 aliphatic carbocycles. The molecule has 3 atom stereocenters. The van der Waals surface area contributed by atoms with Crippen LogP contribution in [-0.4, -0.2) is 25.0 Å². The molecule has 1 amide bonds. The Balaban J connectivity index is 1.58. The van der Waals surface area contributed by atoms with Gasteiger partial charge in [0.25, 0.3) is 0 Å².